The highest BCUT2D eigenvalue weighted by Crippen LogP contribution is 2.25. The molecule has 1 aliphatic rings. The van der Waals surface area contributed by atoms with Crippen LogP contribution in [0.5, 0.6) is 5.88 Å². The Hall–Kier alpha value is -1.92. The number of nitrogens with two attached hydrogens (primary N) is 1. The van der Waals surface area contributed by atoms with Gasteiger partial charge in [0.05, 0.1) is 6.54 Å². The van der Waals surface area contributed by atoms with Gasteiger partial charge < -0.3 is 15.4 Å². The highest BCUT2D eigenvalue weighted by molar-refractivity contribution is 5.78. The van der Waals surface area contributed by atoms with Crippen molar-refractivity contribution in [2.45, 2.75) is 31.9 Å². The van der Waals surface area contributed by atoms with Crippen molar-refractivity contribution in [3.8, 4) is 5.88 Å². The fourth-order valence-electron chi connectivity index (χ4n) is 1.74. The Balaban J connectivity index is 1.99. The lowest BCUT2D eigenvalue weighted by molar-refractivity contribution is 0.0791. The van der Waals surface area contributed by atoms with Crippen molar-refractivity contribution in [2.75, 3.05) is 13.7 Å². The van der Waals surface area contributed by atoms with Crippen molar-refractivity contribution in [2.24, 2.45) is 10.7 Å². The SMILES string of the molecule is CN(C(N)=NCc1cccnc1OCC(F)F)C1CC1. The lowest BCUT2D eigenvalue weighted by atomic mass is 10.3. The van der Waals surface area contributed by atoms with Crippen molar-refractivity contribution >= 4 is 5.96 Å². The predicted octanol–water partition coefficient (Wildman–Crippen LogP) is 1.63. The monoisotopic (exact) mass is 284 g/mol. The first-order chi connectivity index (χ1) is 9.58. The van der Waals surface area contributed by atoms with E-state index in [2.05, 4.69) is 9.98 Å². The summed E-state index contributed by atoms with van der Waals surface area (Å²) in [5.41, 5.74) is 6.51. The molecule has 7 heteroatoms. The van der Waals surface area contributed by atoms with Crippen LogP contribution in [0.15, 0.2) is 23.3 Å². The van der Waals surface area contributed by atoms with Crippen molar-refractivity contribution in [3.63, 3.8) is 0 Å². The van der Waals surface area contributed by atoms with Gasteiger partial charge in [0, 0.05) is 24.8 Å². The van der Waals surface area contributed by atoms with E-state index in [0.29, 0.717) is 17.6 Å². The first-order valence-corrected chi connectivity index (χ1v) is 6.45. The fourth-order valence-corrected chi connectivity index (χ4v) is 1.74. The average molecular weight is 284 g/mol. The fraction of sp³-hybridized carbons (Fsp3) is 0.538. The molecular weight excluding hydrogens is 266 g/mol. The minimum Gasteiger partial charge on any atom is -0.471 e. The predicted molar refractivity (Wildman–Crippen MR) is 71.8 cm³/mol. The van der Waals surface area contributed by atoms with Gasteiger partial charge in [0.2, 0.25) is 5.88 Å². The third-order valence-electron chi connectivity index (χ3n) is 3.06. The highest BCUT2D eigenvalue weighted by Gasteiger charge is 2.27. The Morgan fingerprint density at radius 2 is 2.35 bits per heavy atom. The summed E-state index contributed by atoms with van der Waals surface area (Å²) in [6.45, 7) is -0.416. The maximum Gasteiger partial charge on any atom is 0.272 e. The van der Waals surface area contributed by atoms with Crippen LogP contribution in [0.1, 0.15) is 18.4 Å². The lowest BCUT2D eigenvalue weighted by Gasteiger charge is -2.17. The summed E-state index contributed by atoms with van der Waals surface area (Å²) in [6, 6.07) is 3.92. The maximum absolute atomic E-state index is 12.2. The molecule has 0 unspecified atom stereocenters. The molecule has 2 N–H and O–H groups in total. The first-order valence-electron chi connectivity index (χ1n) is 6.45. The van der Waals surface area contributed by atoms with Crippen LogP contribution in [0.25, 0.3) is 0 Å². The van der Waals surface area contributed by atoms with Gasteiger partial charge >= 0.3 is 0 Å². The van der Waals surface area contributed by atoms with Gasteiger partial charge in [-0.3, -0.25) is 0 Å². The van der Waals surface area contributed by atoms with Gasteiger partial charge in [0.15, 0.2) is 12.6 Å². The number of alkyl halides is 2. The van der Waals surface area contributed by atoms with E-state index in [1.54, 1.807) is 12.1 Å². The van der Waals surface area contributed by atoms with Gasteiger partial charge in [0.1, 0.15) is 0 Å². The summed E-state index contributed by atoms with van der Waals surface area (Å²) >= 11 is 0. The van der Waals surface area contributed by atoms with Crippen molar-refractivity contribution in [3.05, 3.63) is 23.9 Å². The van der Waals surface area contributed by atoms with Crippen molar-refractivity contribution in [1.29, 1.82) is 0 Å². The van der Waals surface area contributed by atoms with Crippen molar-refractivity contribution < 1.29 is 13.5 Å². The van der Waals surface area contributed by atoms with Gasteiger partial charge in [0.25, 0.3) is 6.43 Å². The topological polar surface area (TPSA) is 63.7 Å². The van der Waals surface area contributed by atoms with Crippen LogP contribution in [-0.2, 0) is 6.54 Å². The summed E-state index contributed by atoms with van der Waals surface area (Å²) in [6.07, 6.45) is 1.22. The summed E-state index contributed by atoms with van der Waals surface area (Å²) in [5, 5.41) is 0. The molecule has 1 aromatic heterocycles. The number of halogens is 2. The number of aliphatic imine (C=N–C) groups is 1. The molecule has 0 saturated heterocycles. The number of nitrogens with zero attached hydrogens (tertiary/aromatic N) is 3. The largest absolute Gasteiger partial charge is 0.471 e. The molecule has 0 atom stereocenters. The molecular formula is C13H18F2N4O. The third-order valence-corrected chi connectivity index (χ3v) is 3.06. The lowest BCUT2D eigenvalue weighted by Crippen LogP contribution is -2.35. The van der Waals surface area contributed by atoms with Crippen LogP contribution in [-0.4, -0.2) is 42.0 Å². The van der Waals surface area contributed by atoms with Crippen LogP contribution in [0.4, 0.5) is 8.78 Å². The molecule has 0 aliphatic heterocycles. The Labute approximate surface area is 116 Å². The summed E-state index contributed by atoms with van der Waals surface area (Å²) in [4.78, 5) is 10.1. The molecule has 0 amide bonds. The number of rotatable bonds is 6. The second kappa shape index (κ2) is 6.49. The molecule has 5 nitrogen and oxygen atoms in total. The molecule has 1 aliphatic carbocycles. The maximum atomic E-state index is 12.2. The van der Waals surface area contributed by atoms with Crippen LogP contribution in [0, 0.1) is 0 Å². The van der Waals surface area contributed by atoms with E-state index in [1.165, 1.54) is 6.20 Å². The van der Waals surface area contributed by atoms with E-state index >= 15 is 0 Å². The molecule has 110 valence electrons. The summed E-state index contributed by atoms with van der Waals surface area (Å²) in [5.74, 6) is 0.620. The molecule has 1 aromatic rings. The minimum atomic E-state index is -2.53. The molecule has 0 radical (unpaired) electrons. The van der Waals surface area contributed by atoms with Crippen LogP contribution >= 0.6 is 0 Å². The summed E-state index contributed by atoms with van der Waals surface area (Å²) < 4.78 is 29.3. The number of guanidine groups is 1. The number of hydrogen-bond donors (Lipinski definition) is 1. The Bertz CT molecular complexity index is 477. The molecule has 1 fully saturated rings. The van der Waals surface area contributed by atoms with Gasteiger partial charge in [-0.2, -0.15) is 0 Å². The van der Waals surface area contributed by atoms with Gasteiger partial charge in [-0.1, -0.05) is 6.07 Å². The zero-order valence-corrected chi connectivity index (χ0v) is 11.3. The average Bonchev–Trinajstić information content (AvgIpc) is 3.27. The Morgan fingerprint density at radius 1 is 1.60 bits per heavy atom. The van der Waals surface area contributed by atoms with E-state index in [9.17, 15) is 8.78 Å². The molecule has 1 heterocycles. The van der Waals surface area contributed by atoms with Crippen molar-refractivity contribution in [1.82, 2.24) is 9.88 Å². The standard InChI is InChI=1S/C13H18F2N4O/c1-19(10-4-5-10)13(16)18-7-9-3-2-6-17-12(9)20-8-11(14)15/h2-3,6,10-11H,4-5,7-8H2,1H3,(H2,16,18). The number of hydrogen-bond acceptors (Lipinski definition) is 3. The van der Waals surface area contributed by atoms with E-state index in [-0.39, 0.29) is 12.4 Å². The summed E-state index contributed by atoms with van der Waals surface area (Å²) in [7, 11) is 1.90. The number of aromatic nitrogens is 1. The van der Waals surface area contributed by atoms with Gasteiger partial charge in [-0.25, -0.2) is 18.8 Å². The molecule has 0 spiro atoms. The first kappa shape index (κ1) is 14.5. The third kappa shape index (κ3) is 4.04. The Kier molecular flexibility index (Phi) is 4.70. The zero-order chi connectivity index (χ0) is 14.5. The van der Waals surface area contributed by atoms with Gasteiger partial charge in [-0.05, 0) is 18.9 Å². The second-order valence-electron chi connectivity index (χ2n) is 4.69. The van der Waals surface area contributed by atoms with Crippen LogP contribution in [0.3, 0.4) is 0 Å². The minimum absolute atomic E-state index is 0.179. The molecule has 0 aromatic carbocycles. The quantitative estimate of drug-likeness (QED) is 0.637. The van der Waals surface area contributed by atoms with E-state index in [4.69, 9.17) is 10.5 Å². The number of ether oxygens (including phenoxy) is 1. The number of pyridine rings is 1. The van der Waals surface area contributed by atoms with E-state index in [0.717, 1.165) is 12.8 Å². The Morgan fingerprint density at radius 3 is 3.00 bits per heavy atom. The van der Waals surface area contributed by atoms with Crippen LogP contribution in [0.2, 0.25) is 0 Å². The van der Waals surface area contributed by atoms with Crippen LogP contribution < -0.4 is 10.5 Å². The molecule has 20 heavy (non-hydrogen) atoms. The normalized spacial score (nSPS) is 15.5. The second-order valence-corrected chi connectivity index (χ2v) is 4.69. The van der Waals surface area contributed by atoms with E-state index < -0.39 is 13.0 Å². The molecule has 2 rings (SSSR count). The smallest absolute Gasteiger partial charge is 0.272 e. The zero-order valence-electron chi connectivity index (χ0n) is 11.3. The van der Waals surface area contributed by atoms with Gasteiger partial charge in [-0.15, -0.1) is 0 Å². The van der Waals surface area contributed by atoms with E-state index in [1.807, 2.05) is 11.9 Å². The molecule has 1 saturated carbocycles. The highest BCUT2D eigenvalue weighted by atomic mass is 19.3. The molecule has 0 bridgehead atoms.